The van der Waals surface area contributed by atoms with E-state index in [0.717, 1.165) is 16.1 Å². The first kappa shape index (κ1) is 27.0. The molecule has 2 N–H and O–H groups in total. The van der Waals surface area contributed by atoms with Crippen molar-refractivity contribution in [3.8, 4) is 6.07 Å². The summed E-state index contributed by atoms with van der Waals surface area (Å²) in [5, 5.41) is 14.1. The average Bonchev–Trinajstić information content (AvgIpc) is 3.12. The quantitative estimate of drug-likeness (QED) is 0.505. The third kappa shape index (κ3) is 6.74. The number of carbonyl (C=O) groups excluding carboxylic acids is 2. The highest BCUT2D eigenvalue weighted by molar-refractivity contribution is 8.01. The zero-order chi connectivity index (χ0) is 22.5. The lowest BCUT2D eigenvalue weighted by Crippen LogP contribution is -2.43. The van der Waals surface area contributed by atoms with E-state index in [0.29, 0.717) is 17.9 Å². The van der Waals surface area contributed by atoms with E-state index in [1.165, 1.54) is 18.2 Å². The number of thioether (sulfide) groups is 1. The Balaban J connectivity index is 0.00000480. The normalized spacial score (nSPS) is 15.6. The number of nitrogens with zero attached hydrogens (tertiary/aromatic N) is 3. The van der Waals surface area contributed by atoms with Crippen LogP contribution in [0.25, 0.3) is 0 Å². The number of halogens is 1. The fourth-order valence-corrected chi connectivity index (χ4v) is 5.96. The highest BCUT2D eigenvalue weighted by Gasteiger charge is 2.35. The van der Waals surface area contributed by atoms with Gasteiger partial charge >= 0.3 is 6.03 Å². The third-order valence-electron chi connectivity index (χ3n) is 4.42. The Morgan fingerprint density at radius 2 is 2.10 bits per heavy atom. The molecule has 3 amide bonds. The molecule has 0 saturated carbocycles. The Morgan fingerprint density at radius 1 is 1.42 bits per heavy atom. The summed E-state index contributed by atoms with van der Waals surface area (Å²) < 4.78 is 27.0. The summed E-state index contributed by atoms with van der Waals surface area (Å²) in [5.41, 5.74) is 0.162. The number of rotatable bonds is 9. The minimum absolute atomic E-state index is 0. The number of sulfonamides is 1. The van der Waals surface area contributed by atoms with Crippen molar-refractivity contribution in [1.29, 1.82) is 5.26 Å². The minimum Gasteiger partial charge on any atom is -0.351 e. The van der Waals surface area contributed by atoms with Crippen molar-refractivity contribution >= 4 is 46.1 Å². The molecule has 9 nitrogen and oxygen atoms in total. The zero-order valence-electron chi connectivity index (χ0n) is 17.9. The van der Waals surface area contributed by atoms with Crippen LogP contribution in [0.3, 0.4) is 0 Å². The molecule has 2 unspecified atom stereocenters. The Morgan fingerprint density at radius 3 is 2.61 bits per heavy atom. The van der Waals surface area contributed by atoms with Gasteiger partial charge in [-0.15, -0.1) is 24.2 Å². The van der Waals surface area contributed by atoms with Gasteiger partial charge in [0.25, 0.3) is 10.0 Å². The van der Waals surface area contributed by atoms with Crippen LogP contribution in [-0.2, 0) is 14.8 Å². The number of nitrogens with one attached hydrogen (secondary N) is 2. The molecule has 0 radical (unpaired) electrons. The smallest absolute Gasteiger partial charge is 0.331 e. The Kier molecular flexibility index (Phi) is 10.1. The van der Waals surface area contributed by atoms with Crippen molar-refractivity contribution < 1.29 is 18.0 Å². The first-order chi connectivity index (χ1) is 14.1. The number of hydrogen-bond acceptors (Lipinski definition) is 7. The molecule has 1 heterocycles. The summed E-state index contributed by atoms with van der Waals surface area (Å²) in [6.07, 6.45) is 0.481. The van der Waals surface area contributed by atoms with Crippen molar-refractivity contribution in [2.75, 3.05) is 33.7 Å². The maximum Gasteiger partial charge on any atom is 0.331 e. The van der Waals surface area contributed by atoms with Crippen molar-refractivity contribution in [1.82, 2.24) is 19.8 Å². The van der Waals surface area contributed by atoms with E-state index in [2.05, 4.69) is 10.6 Å². The molecule has 1 aromatic carbocycles. The lowest BCUT2D eigenvalue weighted by atomic mass is 10.2. The SMILES string of the molecule is CCC(Sc1ccc(C#N)cc1S(=O)(=O)N1CCNC1=O)C(=O)NC(C)CN(C)C.Cl. The zero-order valence-corrected chi connectivity index (χ0v) is 20.4. The molecule has 1 aliphatic rings. The molecule has 1 aliphatic heterocycles. The van der Waals surface area contributed by atoms with Crippen LogP contribution in [0.5, 0.6) is 0 Å². The first-order valence-electron chi connectivity index (χ1n) is 9.56. The van der Waals surface area contributed by atoms with E-state index in [1.54, 1.807) is 0 Å². The molecule has 31 heavy (non-hydrogen) atoms. The number of amides is 3. The Labute approximate surface area is 194 Å². The van der Waals surface area contributed by atoms with E-state index >= 15 is 0 Å². The van der Waals surface area contributed by atoms with Crippen LogP contribution in [0.15, 0.2) is 28.0 Å². The van der Waals surface area contributed by atoms with Gasteiger partial charge in [0.05, 0.1) is 23.4 Å². The van der Waals surface area contributed by atoms with Gasteiger partial charge in [0.15, 0.2) is 0 Å². The second kappa shape index (κ2) is 11.6. The molecule has 1 aromatic rings. The number of likely N-dealkylation sites (N-methyl/N-ethyl adjacent to an activating group) is 1. The molecule has 0 spiro atoms. The van der Waals surface area contributed by atoms with Gasteiger partial charge in [-0.3, -0.25) is 4.79 Å². The molecule has 12 heteroatoms. The summed E-state index contributed by atoms with van der Waals surface area (Å²) >= 11 is 1.12. The van der Waals surface area contributed by atoms with Gasteiger partial charge in [-0.1, -0.05) is 6.92 Å². The lowest BCUT2D eigenvalue weighted by molar-refractivity contribution is -0.121. The van der Waals surface area contributed by atoms with E-state index in [1.807, 2.05) is 38.9 Å². The predicted octanol–water partition coefficient (Wildman–Crippen LogP) is 1.63. The molecule has 1 saturated heterocycles. The third-order valence-corrected chi connectivity index (χ3v) is 7.81. The van der Waals surface area contributed by atoms with Gasteiger partial charge < -0.3 is 15.5 Å². The van der Waals surface area contributed by atoms with E-state index in [9.17, 15) is 23.3 Å². The molecule has 1 fully saturated rings. The summed E-state index contributed by atoms with van der Waals surface area (Å²) in [4.78, 5) is 26.8. The molecule has 0 bridgehead atoms. The van der Waals surface area contributed by atoms with Crippen molar-refractivity contribution in [3.05, 3.63) is 23.8 Å². The van der Waals surface area contributed by atoms with Crippen LogP contribution < -0.4 is 10.6 Å². The van der Waals surface area contributed by atoms with Gasteiger partial charge in [0.2, 0.25) is 5.91 Å². The highest BCUT2D eigenvalue weighted by Crippen LogP contribution is 2.34. The lowest BCUT2D eigenvalue weighted by Gasteiger charge is -2.23. The summed E-state index contributed by atoms with van der Waals surface area (Å²) in [6.45, 7) is 4.66. The van der Waals surface area contributed by atoms with Crippen LogP contribution in [0.4, 0.5) is 4.79 Å². The van der Waals surface area contributed by atoms with Crippen molar-refractivity contribution in [3.63, 3.8) is 0 Å². The number of carbonyl (C=O) groups is 2. The van der Waals surface area contributed by atoms with Gasteiger partial charge in [-0.2, -0.15) is 5.26 Å². The standard InChI is InChI=1S/C19H27N5O4S2.ClH/c1-5-15(18(25)22-13(2)12-23(3)4)29-16-7-6-14(11-20)10-17(16)30(27,28)24-9-8-21-19(24)26;/h6-7,10,13,15H,5,8-9,12H2,1-4H3,(H,21,26)(H,22,25);1H. The summed E-state index contributed by atoms with van der Waals surface area (Å²) in [5.74, 6) is -0.191. The average molecular weight is 490 g/mol. The maximum atomic E-state index is 13.1. The van der Waals surface area contributed by atoms with E-state index in [-0.39, 0.29) is 47.9 Å². The van der Waals surface area contributed by atoms with Crippen LogP contribution in [0.2, 0.25) is 0 Å². The molecule has 2 rings (SSSR count). The summed E-state index contributed by atoms with van der Waals surface area (Å²) in [6, 6.07) is 5.43. The second-order valence-electron chi connectivity index (χ2n) is 7.27. The second-order valence-corrected chi connectivity index (χ2v) is 10.3. The molecule has 0 aliphatic carbocycles. The Bertz CT molecular complexity index is 949. The molecular formula is C19H28ClN5O4S2. The fraction of sp³-hybridized carbons (Fsp3) is 0.526. The van der Waals surface area contributed by atoms with Gasteiger partial charge in [-0.05, 0) is 45.6 Å². The van der Waals surface area contributed by atoms with Gasteiger partial charge in [0, 0.05) is 24.0 Å². The molecule has 2 atom stereocenters. The van der Waals surface area contributed by atoms with Crippen LogP contribution in [0, 0.1) is 11.3 Å². The number of benzene rings is 1. The maximum absolute atomic E-state index is 13.1. The minimum atomic E-state index is -4.16. The largest absolute Gasteiger partial charge is 0.351 e. The topological polar surface area (TPSA) is 123 Å². The Hall–Kier alpha value is -2.00. The van der Waals surface area contributed by atoms with Crippen LogP contribution in [-0.4, -0.2) is 74.6 Å². The van der Waals surface area contributed by atoms with Gasteiger partial charge in [0.1, 0.15) is 4.90 Å². The van der Waals surface area contributed by atoms with Gasteiger partial charge in [-0.25, -0.2) is 17.5 Å². The summed E-state index contributed by atoms with van der Waals surface area (Å²) in [7, 11) is -0.331. The fourth-order valence-electron chi connectivity index (χ4n) is 3.08. The van der Waals surface area contributed by atoms with Crippen LogP contribution in [0.1, 0.15) is 25.8 Å². The number of nitriles is 1. The molecular weight excluding hydrogens is 462 g/mol. The number of urea groups is 1. The predicted molar refractivity (Wildman–Crippen MR) is 122 cm³/mol. The van der Waals surface area contributed by atoms with E-state index < -0.39 is 21.3 Å². The van der Waals surface area contributed by atoms with Crippen molar-refractivity contribution in [2.45, 2.75) is 41.4 Å². The van der Waals surface area contributed by atoms with Crippen LogP contribution >= 0.6 is 24.2 Å². The highest BCUT2D eigenvalue weighted by atomic mass is 35.5. The first-order valence-corrected chi connectivity index (χ1v) is 11.9. The number of hydrogen-bond donors (Lipinski definition) is 2. The van der Waals surface area contributed by atoms with E-state index in [4.69, 9.17) is 0 Å². The van der Waals surface area contributed by atoms with Crippen molar-refractivity contribution in [2.24, 2.45) is 0 Å². The monoisotopic (exact) mass is 489 g/mol. The molecule has 0 aromatic heterocycles. The molecule has 172 valence electrons.